The summed E-state index contributed by atoms with van der Waals surface area (Å²) in [7, 11) is 0. The van der Waals surface area contributed by atoms with Crippen molar-refractivity contribution < 1.29 is 27.8 Å². The van der Waals surface area contributed by atoms with Crippen molar-refractivity contribution in [3.63, 3.8) is 0 Å². The van der Waals surface area contributed by atoms with E-state index in [1.165, 1.54) is 18.3 Å². The molecule has 0 atom stereocenters. The largest absolute Gasteiger partial charge is 0.484 e. The number of alkyl halides is 3. The van der Waals surface area contributed by atoms with E-state index in [1.54, 1.807) is 0 Å². The Kier molecular flexibility index (Phi) is 4.13. The zero-order valence-corrected chi connectivity index (χ0v) is 8.49. The average molecular weight is 250 g/mol. The maximum atomic E-state index is 11.9. The lowest BCUT2D eigenvalue weighted by Gasteiger charge is -2.09. The quantitative estimate of drug-likeness (QED) is 0.854. The number of aromatic nitrogens is 1. The highest BCUT2D eigenvalue weighted by atomic mass is 19.4. The van der Waals surface area contributed by atoms with E-state index in [0.717, 1.165) is 0 Å². The fourth-order valence-electron chi connectivity index (χ4n) is 0.974. The van der Waals surface area contributed by atoms with Gasteiger partial charge in [0.15, 0.2) is 6.61 Å². The number of hydrogen-bond acceptors (Lipinski definition) is 3. The predicted molar refractivity (Wildman–Crippen MR) is 50.7 cm³/mol. The molecule has 0 aliphatic carbocycles. The van der Waals surface area contributed by atoms with Gasteiger partial charge in [-0.25, -0.2) is 4.79 Å². The van der Waals surface area contributed by atoms with Crippen LogP contribution >= 0.6 is 0 Å². The third-order valence-electron chi connectivity index (χ3n) is 1.61. The summed E-state index contributed by atoms with van der Waals surface area (Å²) in [5.74, 6) is -0.0143. The van der Waals surface area contributed by atoms with Gasteiger partial charge in [0.1, 0.15) is 5.75 Å². The number of halogens is 3. The average Bonchev–Trinajstić information content (AvgIpc) is 2.23. The van der Waals surface area contributed by atoms with Crippen molar-refractivity contribution in [1.82, 2.24) is 10.3 Å². The summed E-state index contributed by atoms with van der Waals surface area (Å²) in [6.45, 7) is -1.50. The summed E-state index contributed by atoms with van der Waals surface area (Å²) >= 11 is 0. The van der Waals surface area contributed by atoms with Crippen LogP contribution in [0.1, 0.15) is 5.69 Å². The number of hydrogen-bond donors (Lipinski definition) is 2. The minimum atomic E-state index is -4.41. The lowest BCUT2D eigenvalue weighted by molar-refractivity contribution is -0.153. The molecule has 0 fully saturated rings. The van der Waals surface area contributed by atoms with Gasteiger partial charge in [-0.2, -0.15) is 13.2 Å². The van der Waals surface area contributed by atoms with Crippen LogP contribution in [-0.4, -0.2) is 29.0 Å². The van der Waals surface area contributed by atoms with E-state index < -0.39 is 18.9 Å². The van der Waals surface area contributed by atoms with Crippen LogP contribution in [0, 0.1) is 0 Å². The number of carboxylic acid groups (broad SMARTS) is 1. The Morgan fingerprint density at radius 3 is 2.82 bits per heavy atom. The lowest BCUT2D eigenvalue weighted by Crippen LogP contribution is -2.21. The molecule has 17 heavy (non-hydrogen) atoms. The van der Waals surface area contributed by atoms with Gasteiger partial charge in [0.05, 0.1) is 12.2 Å². The molecule has 0 aliphatic heterocycles. The van der Waals surface area contributed by atoms with Crippen molar-refractivity contribution in [2.75, 3.05) is 6.61 Å². The molecule has 0 aliphatic rings. The monoisotopic (exact) mass is 250 g/mol. The van der Waals surface area contributed by atoms with E-state index in [1.807, 2.05) is 5.32 Å². The topological polar surface area (TPSA) is 71.5 Å². The highest BCUT2D eigenvalue weighted by Crippen LogP contribution is 2.18. The third-order valence-corrected chi connectivity index (χ3v) is 1.61. The molecule has 8 heteroatoms. The number of ether oxygens (including phenoxy) is 1. The minimum absolute atomic E-state index is 0.0143. The van der Waals surface area contributed by atoms with Gasteiger partial charge < -0.3 is 15.2 Å². The Hall–Kier alpha value is -1.99. The molecule has 1 heterocycles. The lowest BCUT2D eigenvalue weighted by atomic mass is 10.3. The van der Waals surface area contributed by atoms with E-state index in [0.29, 0.717) is 0 Å². The fraction of sp³-hybridized carbons (Fsp3) is 0.333. The van der Waals surface area contributed by atoms with Crippen molar-refractivity contribution in [3.05, 3.63) is 24.0 Å². The van der Waals surface area contributed by atoms with Crippen LogP contribution in [0.4, 0.5) is 18.0 Å². The second-order valence-corrected chi connectivity index (χ2v) is 3.05. The Morgan fingerprint density at radius 1 is 1.53 bits per heavy atom. The molecule has 94 valence electrons. The van der Waals surface area contributed by atoms with E-state index in [-0.39, 0.29) is 18.0 Å². The Morgan fingerprint density at radius 2 is 2.24 bits per heavy atom. The highest BCUT2D eigenvalue weighted by Gasteiger charge is 2.28. The normalized spacial score (nSPS) is 11.0. The van der Waals surface area contributed by atoms with Crippen LogP contribution in [0.2, 0.25) is 0 Å². The Bertz CT molecular complexity index is 395. The van der Waals surface area contributed by atoms with Crippen molar-refractivity contribution in [2.24, 2.45) is 0 Å². The molecule has 5 nitrogen and oxygen atoms in total. The molecule has 1 aromatic heterocycles. The molecule has 0 radical (unpaired) electrons. The number of nitrogens with one attached hydrogen (secondary N) is 1. The van der Waals surface area contributed by atoms with Gasteiger partial charge in [-0.05, 0) is 6.07 Å². The molecule has 1 aromatic rings. The predicted octanol–water partition coefficient (Wildman–Crippen LogP) is 1.79. The van der Waals surface area contributed by atoms with Crippen molar-refractivity contribution in [2.45, 2.75) is 12.7 Å². The number of rotatable bonds is 4. The van der Waals surface area contributed by atoms with Crippen molar-refractivity contribution in [1.29, 1.82) is 0 Å². The maximum Gasteiger partial charge on any atom is 0.422 e. The van der Waals surface area contributed by atoms with Crippen LogP contribution in [0.3, 0.4) is 0 Å². The summed E-state index contributed by atoms with van der Waals surface area (Å²) in [5.41, 5.74) is 0.270. The molecule has 2 N–H and O–H groups in total. The number of nitrogens with zero attached hydrogens (tertiary/aromatic N) is 1. The number of carbonyl (C=O) groups is 1. The SMILES string of the molecule is O=C(O)NCc1cc(OCC(F)(F)F)ccn1. The molecule has 0 saturated heterocycles. The second kappa shape index (κ2) is 5.37. The summed E-state index contributed by atoms with van der Waals surface area (Å²) in [6, 6.07) is 2.50. The minimum Gasteiger partial charge on any atom is -0.484 e. The summed E-state index contributed by atoms with van der Waals surface area (Å²) in [5, 5.41) is 10.4. The van der Waals surface area contributed by atoms with Crippen LogP contribution in [0.25, 0.3) is 0 Å². The standard InChI is InChI=1S/C9H9F3N2O3/c10-9(11,12)5-17-7-1-2-13-6(3-7)4-14-8(15)16/h1-3,14H,4-5H2,(H,15,16). The van der Waals surface area contributed by atoms with Crippen LogP contribution in [-0.2, 0) is 6.54 Å². The highest BCUT2D eigenvalue weighted by molar-refractivity contribution is 5.64. The first-order valence-corrected chi connectivity index (χ1v) is 4.48. The first-order valence-electron chi connectivity index (χ1n) is 4.48. The van der Waals surface area contributed by atoms with Gasteiger partial charge >= 0.3 is 12.3 Å². The van der Waals surface area contributed by atoms with Crippen LogP contribution < -0.4 is 10.1 Å². The third kappa shape index (κ3) is 5.59. The van der Waals surface area contributed by atoms with Gasteiger partial charge in [-0.1, -0.05) is 0 Å². The Labute approximate surface area is 94.2 Å². The summed E-state index contributed by atoms with van der Waals surface area (Å²) in [4.78, 5) is 14.0. The summed E-state index contributed by atoms with van der Waals surface area (Å²) in [6.07, 6.45) is -4.42. The molecule has 0 saturated carbocycles. The van der Waals surface area contributed by atoms with Gasteiger partial charge in [0.25, 0.3) is 0 Å². The van der Waals surface area contributed by atoms with E-state index >= 15 is 0 Å². The smallest absolute Gasteiger partial charge is 0.422 e. The molecule has 1 amide bonds. The summed E-state index contributed by atoms with van der Waals surface area (Å²) < 4.78 is 40.1. The fourth-order valence-corrected chi connectivity index (χ4v) is 0.974. The molecular formula is C9H9F3N2O3. The van der Waals surface area contributed by atoms with Crippen molar-refractivity contribution in [3.8, 4) is 5.75 Å². The van der Waals surface area contributed by atoms with Crippen LogP contribution in [0.5, 0.6) is 5.75 Å². The molecular weight excluding hydrogens is 241 g/mol. The molecule has 0 bridgehead atoms. The van der Waals surface area contributed by atoms with Gasteiger partial charge in [-0.15, -0.1) is 0 Å². The second-order valence-electron chi connectivity index (χ2n) is 3.05. The van der Waals surface area contributed by atoms with E-state index in [2.05, 4.69) is 9.72 Å². The van der Waals surface area contributed by atoms with Gasteiger partial charge in [0.2, 0.25) is 0 Å². The maximum absolute atomic E-state index is 11.9. The number of amides is 1. The van der Waals surface area contributed by atoms with E-state index in [4.69, 9.17) is 5.11 Å². The molecule has 0 spiro atoms. The van der Waals surface area contributed by atoms with Gasteiger partial charge in [0, 0.05) is 12.3 Å². The zero-order valence-electron chi connectivity index (χ0n) is 8.49. The Balaban J connectivity index is 2.56. The first kappa shape index (κ1) is 13.1. The first-order chi connectivity index (χ1) is 7.87. The van der Waals surface area contributed by atoms with E-state index in [9.17, 15) is 18.0 Å². The number of pyridine rings is 1. The van der Waals surface area contributed by atoms with Crippen molar-refractivity contribution >= 4 is 6.09 Å². The van der Waals surface area contributed by atoms with Crippen LogP contribution in [0.15, 0.2) is 18.3 Å². The molecule has 1 rings (SSSR count). The van der Waals surface area contributed by atoms with Gasteiger partial charge in [-0.3, -0.25) is 4.98 Å². The molecule has 0 unspecified atom stereocenters. The molecule has 0 aromatic carbocycles. The zero-order chi connectivity index (χ0) is 12.9.